The first kappa shape index (κ1) is 17.9. The van der Waals surface area contributed by atoms with Crippen LogP contribution in [0.2, 0.25) is 0 Å². The van der Waals surface area contributed by atoms with Crippen LogP contribution in [0.1, 0.15) is 0 Å². The van der Waals surface area contributed by atoms with E-state index >= 15 is 0 Å². The molecular formula is C18H17N5O5S. The molecule has 4 heterocycles. The summed E-state index contributed by atoms with van der Waals surface area (Å²) in [7, 11) is 0. The van der Waals surface area contributed by atoms with Gasteiger partial charge in [0.2, 0.25) is 12.7 Å². The Morgan fingerprint density at radius 2 is 2.03 bits per heavy atom. The molecular weight excluding hydrogens is 398 g/mol. The van der Waals surface area contributed by atoms with Crippen molar-refractivity contribution in [3.63, 3.8) is 0 Å². The number of nitrogens with one attached hydrogen (secondary N) is 1. The third-order valence-corrected chi connectivity index (χ3v) is 5.72. The first-order valence-corrected chi connectivity index (χ1v) is 9.87. The van der Waals surface area contributed by atoms with Gasteiger partial charge in [0, 0.05) is 24.8 Å². The summed E-state index contributed by atoms with van der Waals surface area (Å²) in [5.41, 5.74) is 0.676. The lowest BCUT2D eigenvalue weighted by molar-refractivity contribution is -0.116. The van der Waals surface area contributed by atoms with Crippen LogP contribution in [0.3, 0.4) is 0 Å². The Bertz CT molecular complexity index is 1140. The van der Waals surface area contributed by atoms with Crippen LogP contribution in [0.5, 0.6) is 11.5 Å². The zero-order chi connectivity index (χ0) is 19.8. The van der Waals surface area contributed by atoms with Gasteiger partial charge in [0.15, 0.2) is 22.3 Å². The van der Waals surface area contributed by atoms with Crippen LogP contribution in [0.25, 0.3) is 10.3 Å². The van der Waals surface area contributed by atoms with E-state index < -0.39 is 0 Å². The summed E-state index contributed by atoms with van der Waals surface area (Å²) in [4.78, 5) is 36.0. The van der Waals surface area contributed by atoms with Gasteiger partial charge in [-0.2, -0.15) is 4.98 Å². The molecule has 1 aromatic carbocycles. The number of ether oxygens (including phenoxy) is 3. The summed E-state index contributed by atoms with van der Waals surface area (Å²) in [6.45, 7) is 2.73. The monoisotopic (exact) mass is 415 g/mol. The molecule has 0 spiro atoms. The lowest BCUT2D eigenvalue weighted by Crippen LogP contribution is -2.36. The van der Waals surface area contributed by atoms with E-state index in [0.717, 1.165) is 18.2 Å². The van der Waals surface area contributed by atoms with Crippen molar-refractivity contribution in [2.45, 2.75) is 6.54 Å². The normalized spacial score (nSPS) is 15.7. The maximum Gasteiger partial charge on any atom is 0.273 e. The number of anilines is 2. The van der Waals surface area contributed by atoms with Crippen molar-refractivity contribution in [3.8, 4) is 11.5 Å². The number of nitrogens with zero attached hydrogens (tertiary/aromatic N) is 4. The highest BCUT2D eigenvalue weighted by Crippen LogP contribution is 2.34. The first-order valence-electron chi connectivity index (χ1n) is 9.05. The Balaban J connectivity index is 1.34. The number of benzene rings is 1. The Kier molecular flexibility index (Phi) is 4.52. The number of hydrogen-bond acceptors (Lipinski definition) is 9. The van der Waals surface area contributed by atoms with Gasteiger partial charge in [0.05, 0.1) is 13.2 Å². The molecule has 2 aromatic heterocycles. The van der Waals surface area contributed by atoms with Gasteiger partial charge >= 0.3 is 0 Å². The molecule has 5 rings (SSSR count). The minimum atomic E-state index is -0.343. The quantitative estimate of drug-likeness (QED) is 0.674. The Morgan fingerprint density at radius 3 is 2.90 bits per heavy atom. The number of fused-ring (bicyclic) bond motifs is 2. The number of amides is 1. The molecule has 2 aliphatic rings. The molecule has 1 amide bonds. The van der Waals surface area contributed by atoms with Gasteiger partial charge in [-0.1, -0.05) is 11.3 Å². The average molecular weight is 415 g/mol. The van der Waals surface area contributed by atoms with Crippen molar-refractivity contribution in [2.24, 2.45) is 0 Å². The molecule has 0 unspecified atom stereocenters. The molecule has 29 heavy (non-hydrogen) atoms. The van der Waals surface area contributed by atoms with Crippen LogP contribution in [0.4, 0.5) is 10.8 Å². The number of rotatable bonds is 4. The van der Waals surface area contributed by atoms with Gasteiger partial charge in [-0.05, 0) is 12.1 Å². The molecule has 0 saturated carbocycles. The molecule has 11 heteroatoms. The number of hydrogen-bond donors (Lipinski definition) is 1. The highest BCUT2D eigenvalue weighted by Gasteiger charge is 2.19. The van der Waals surface area contributed by atoms with Crippen LogP contribution in [0.15, 0.2) is 29.3 Å². The van der Waals surface area contributed by atoms with E-state index in [1.165, 1.54) is 22.2 Å². The van der Waals surface area contributed by atoms with Crippen molar-refractivity contribution in [3.05, 3.63) is 34.9 Å². The summed E-state index contributed by atoms with van der Waals surface area (Å²) in [5, 5.41) is 3.50. The van der Waals surface area contributed by atoms with E-state index in [-0.39, 0.29) is 24.8 Å². The highest BCUT2D eigenvalue weighted by molar-refractivity contribution is 7.22. The predicted octanol–water partition coefficient (Wildman–Crippen LogP) is 1.06. The summed E-state index contributed by atoms with van der Waals surface area (Å²) in [5.74, 6) is 0.864. The van der Waals surface area contributed by atoms with Gasteiger partial charge in [0.1, 0.15) is 17.6 Å². The number of carbonyl (C=O) groups is 1. The zero-order valence-electron chi connectivity index (χ0n) is 15.3. The molecule has 1 fully saturated rings. The predicted molar refractivity (Wildman–Crippen MR) is 106 cm³/mol. The fourth-order valence-corrected chi connectivity index (χ4v) is 4.19. The Labute approximate surface area is 168 Å². The summed E-state index contributed by atoms with van der Waals surface area (Å²) >= 11 is 1.29. The molecule has 0 aliphatic carbocycles. The zero-order valence-corrected chi connectivity index (χ0v) is 16.1. The molecule has 10 nitrogen and oxygen atoms in total. The fraction of sp³-hybridized carbons (Fsp3) is 0.333. The Morgan fingerprint density at radius 1 is 1.21 bits per heavy atom. The second-order valence-corrected chi connectivity index (χ2v) is 7.52. The van der Waals surface area contributed by atoms with Gasteiger partial charge < -0.3 is 24.4 Å². The van der Waals surface area contributed by atoms with E-state index in [1.807, 2.05) is 0 Å². The number of aromatic nitrogens is 3. The summed E-state index contributed by atoms with van der Waals surface area (Å²) < 4.78 is 17.6. The molecule has 0 atom stereocenters. The van der Waals surface area contributed by atoms with E-state index in [2.05, 4.69) is 20.2 Å². The minimum Gasteiger partial charge on any atom is -0.454 e. The topological polar surface area (TPSA) is 108 Å². The molecule has 0 bridgehead atoms. The molecule has 3 aromatic rings. The van der Waals surface area contributed by atoms with Crippen molar-refractivity contribution in [1.29, 1.82) is 0 Å². The van der Waals surface area contributed by atoms with E-state index in [0.29, 0.717) is 40.7 Å². The van der Waals surface area contributed by atoms with E-state index in [4.69, 9.17) is 14.2 Å². The maximum absolute atomic E-state index is 12.8. The highest BCUT2D eigenvalue weighted by atomic mass is 32.1. The van der Waals surface area contributed by atoms with Gasteiger partial charge in [-0.3, -0.25) is 14.2 Å². The molecule has 1 N–H and O–H groups in total. The van der Waals surface area contributed by atoms with Crippen LogP contribution in [0, 0.1) is 0 Å². The van der Waals surface area contributed by atoms with E-state index in [1.54, 1.807) is 18.2 Å². The SMILES string of the molecule is O=C(Cn1cnc2nc(N3CCOCC3)sc2c1=O)Nc1ccc2c(c1)OCO2. The van der Waals surface area contributed by atoms with Crippen LogP contribution < -0.4 is 25.2 Å². The molecule has 150 valence electrons. The largest absolute Gasteiger partial charge is 0.454 e. The Hall–Kier alpha value is -3.18. The van der Waals surface area contributed by atoms with Crippen molar-refractivity contribution in [2.75, 3.05) is 43.3 Å². The molecule has 1 saturated heterocycles. The lowest BCUT2D eigenvalue weighted by Gasteiger charge is -2.25. The third kappa shape index (κ3) is 3.49. The third-order valence-electron chi connectivity index (χ3n) is 4.62. The molecule has 0 radical (unpaired) electrons. The van der Waals surface area contributed by atoms with Crippen molar-refractivity contribution < 1.29 is 19.0 Å². The maximum atomic E-state index is 12.8. The average Bonchev–Trinajstić information content (AvgIpc) is 3.38. The van der Waals surface area contributed by atoms with Crippen LogP contribution in [-0.2, 0) is 16.1 Å². The minimum absolute atomic E-state index is 0.152. The first-order chi connectivity index (χ1) is 14.2. The number of morpholine rings is 1. The smallest absolute Gasteiger partial charge is 0.273 e. The summed E-state index contributed by atoms with van der Waals surface area (Å²) in [6.07, 6.45) is 1.35. The second-order valence-electron chi connectivity index (χ2n) is 6.54. The van der Waals surface area contributed by atoms with Crippen LogP contribution in [-0.4, -0.2) is 53.5 Å². The number of carbonyl (C=O) groups excluding carboxylic acids is 1. The standard InChI is InChI=1S/C18H17N5O5S/c24-14(20-11-1-2-12-13(7-11)28-10-27-12)8-23-9-19-16-15(17(23)25)29-18(21-16)22-3-5-26-6-4-22/h1-2,7,9H,3-6,8,10H2,(H,20,24). The van der Waals surface area contributed by atoms with Crippen molar-refractivity contribution >= 4 is 38.4 Å². The molecule has 2 aliphatic heterocycles. The van der Waals surface area contributed by atoms with Gasteiger partial charge in [0.25, 0.3) is 5.56 Å². The van der Waals surface area contributed by atoms with Gasteiger partial charge in [-0.25, -0.2) is 4.98 Å². The van der Waals surface area contributed by atoms with Gasteiger partial charge in [-0.15, -0.1) is 0 Å². The van der Waals surface area contributed by atoms with Crippen molar-refractivity contribution in [1.82, 2.24) is 14.5 Å². The summed E-state index contributed by atoms with van der Waals surface area (Å²) in [6, 6.07) is 5.12. The van der Waals surface area contributed by atoms with Crippen LogP contribution >= 0.6 is 11.3 Å². The van der Waals surface area contributed by atoms with E-state index in [9.17, 15) is 9.59 Å². The number of thiazole rings is 1. The fourth-order valence-electron chi connectivity index (χ4n) is 3.17. The lowest BCUT2D eigenvalue weighted by atomic mass is 10.3. The second kappa shape index (κ2) is 7.33.